The first-order valence-corrected chi connectivity index (χ1v) is 11.9. The van der Waals surface area contributed by atoms with Gasteiger partial charge in [-0.25, -0.2) is 19.6 Å². The largest absolute Gasteiger partial charge is 0.465 e. The molecule has 1 aromatic carbocycles. The van der Waals surface area contributed by atoms with E-state index in [1.165, 1.54) is 7.11 Å². The Bertz CT molecular complexity index is 1090. The lowest BCUT2D eigenvalue weighted by Crippen LogP contribution is -2.59. The standard InChI is InChI=1S/C26H35N5O4/c1-16(2)20-19(24(33)35-7)21(28-22(27-20)18-11-9-8-10-12-18)23(32)30-13-14-31(17(3)15-30)25(34)29-26(4,5)6/h8-12,16-17H,13-15H2,1-7H3,(H,29,34). The number of aromatic nitrogens is 2. The number of ether oxygens (including phenoxy) is 1. The highest BCUT2D eigenvalue weighted by molar-refractivity contribution is 6.05. The molecule has 1 aliphatic heterocycles. The molecular weight excluding hydrogens is 446 g/mol. The van der Waals surface area contributed by atoms with Gasteiger partial charge >= 0.3 is 12.0 Å². The summed E-state index contributed by atoms with van der Waals surface area (Å²) in [4.78, 5) is 51.8. The topological polar surface area (TPSA) is 105 Å². The van der Waals surface area contributed by atoms with Gasteiger partial charge in [-0.3, -0.25) is 4.79 Å². The van der Waals surface area contributed by atoms with Crippen molar-refractivity contribution in [3.05, 3.63) is 47.3 Å². The summed E-state index contributed by atoms with van der Waals surface area (Å²) in [6.45, 7) is 12.5. The van der Waals surface area contributed by atoms with Crippen molar-refractivity contribution in [2.75, 3.05) is 26.7 Å². The van der Waals surface area contributed by atoms with E-state index in [1.807, 2.05) is 71.9 Å². The molecule has 188 valence electrons. The summed E-state index contributed by atoms with van der Waals surface area (Å²) in [5.41, 5.74) is 0.963. The number of esters is 1. The first kappa shape index (κ1) is 26.1. The fourth-order valence-corrected chi connectivity index (χ4v) is 4.06. The van der Waals surface area contributed by atoms with Crippen LogP contribution in [0.4, 0.5) is 4.79 Å². The zero-order valence-corrected chi connectivity index (χ0v) is 21.6. The highest BCUT2D eigenvalue weighted by Gasteiger charge is 2.35. The van der Waals surface area contributed by atoms with Gasteiger partial charge in [0.1, 0.15) is 11.3 Å². The number of carbonyl (C=O) groups excluding carboxylic acids is 3. The van der Waals surface area contributed by atoms with Crippen LogP contribution < -0.4 is 5.32 Å². The van der Waals surface area contributed by atoms with Crippen LogP contribution in [0.2, 0.25) is 0 Å². The Morgan fingerprint density at radius 2 is 1.74 bits per heavy atom. The van der Waals surface area contributed by atoms with Crippen LogP contribution in [0.15, 0.2) is 30.3 Å². The van der Waals surface area contributed by atoms with Crippen LogP contribution in [0.3, 0.4) is 0 Å². The van der Waals surface area contributed by atoms with Gasteiger partial charge in [-0.2, -0.15) is 0 Å². The Labute approximate surface area is 206 Å². The third-order valence-corrected chi connectivity index (χ3v) is 5.77. The van der Waals surface area contributed by atoms with E-state index in [9.17, 15) is 14.4 Å². The number of benzene rings is 1. The zero-order chi connectivity index (χ0) is 25.9. The fraction of sp³-hybridized carbons (Fsp3) is 0.500. The van der Waals surface area contributed by atoms with Gasteiger partial charge in [0.2, 0.25) is 0 Å². The SMILES string of the molecule is COC(=O)c1c(C(=O)N2CCN(C(=O)NC(C)(C)C)C(C)C2)nc(-c2ccccc2)nc1C(C)C. The number of rotatable bonds is 4. The van der Waals surface area contributed by atoms with Crippen molar-refractivity contribution in [3.63, 3.8) is 0 Å². The lowest BCUT2D eigenvalue weighted by Gasteiger charge is -2.41. The van der Waals surface area contributed by atoms with Gasteiger partial charge in [0.05, 0.1) is 12.8 Å². The molecule has 3 rings (SSSR count). The van der Waals surface area contributed by atoms with E-state index in [0.717, 1.165) is 5.56 Å². The molecule has 3 amide bonds. The molecule has 1 aliphatic rings. The van der Waals surface area contributed by atoms with Gasteiger partial charge in [0, 0.05) is 36.8 Å². The quantitative estimate of drug-likeness (QED) is 0.668. The van der Waals surface area contributed by atoms with E-state index in [1.54, 1.807) is 9.80 Å². The van der Waals surface area contributed by atoms with Crippen LogP contribution in [0.5, 0.6) is 0 Å². The molecule has 0 bridgehead atoms. The molecular formula is C26H35N5O4. The van der Waals surface area contributed by atoms with Crippen molar-refractivity contribution < 1.29 is 19.1 Å². The lowest BCUT2D eigenvalue weighted by molar-refractivity contribution is 0.0540. The minimum Gasteiger partial charge on any atom is -0.465 e. The van der Waals surface area contributed by atoms with Crippen LogP contribution in [0.1, 0.15) is 74.0 Å². The summed E-state index contributed by atoms with van der Waals surface area (Å²) >= 11 is 0. The number of piperazine rings is 1. The highest BCUT2D eigenvalue weighted by atomic mass is 16.5. The van der Waals surface area contributed by atoms with Crippen molar-refractivity contribution in [3.8, 4) is 11.4 Å². The molecule has 0 radical (unpaired) electrons. The normalized spacial score (nSPS) is 16.3. The van der Waals surface area contributed by atoms with Gasteiger partial charge in [0.15, 0.2) is 5.82 Å². The van der Waals surface area contributed by atoms with Crippen LogP contribution in [-0.4, -0.2) is 76.0 Å². The molecule has 2 aromatic rings. The van der Waals surface area contributed by atoms with Crippen molar-refractivity contribution >= 4 is 17.9 Å². The number of carbonyl (C=O) groups is 3. The number of hydrogen-bond acceptors (Lipinski definition) is 6. The smallest absolute Gasteiger partial charge is 0.342 e. The van der Waals surface area contributed by atoms with Crippen LogP contribution in [-0.2, 0) is 4.74 Å². The van der Waals surface area contributed by atoms with E-state index in [2.05, 4.69) is 15.3 Å². The molecule has 2 heterocycles. The Hall–Kier alpha value is -3.49. The number of urea groups is 1. The maximum Gasteiger partial charge on any atom is 0.342 e. The van der Waals surface area contributed by atoms with Crippen molar-refractivity contribution in [2.45, 2.75) is 59.0 Å². The van der Waals surface area contributed by atoms with Crippen LogP contribution in [0.25, 0.3) is 11.4 Å². The maximum atomic E-state index is 13.8. The third-order valence-electron chi connectivity index (χ3n) is 5.77. The first-order chi connectivity index (χ1) is 16.4. The highest BCUT2D eigenvalue weighted by Crippen LogP contribution is 2.27. The Morgan fingerprint density at radius 1 is 1.09 bits per heavy atom. The molecule has 0 saturated carbocycles. The molecule has 1 fully saturated rings. The molecule has 1 saturated heterocycles. The van der Waals surface area contributed by atoms with Crippen molar-refractivity contribution in [1.82, 2.24) is 25.1 Å². The van der Waals surface area contributed by atoms with Gasteiger partial charge in [-0.1, -0.05) is 44.2 Å². The molecule has 0 spiro atoms. The van der Waals surface area contributed by atoms with E-state index in [4.69, 9.17) is 4.74 Å². The van der Waals surface area contributed by atoms with Gasteiger partial charge < -0.3 is 19.9 Å². The average molecular weight is 482 g/mol. The minimum atomic E-state index is -0.645. The second-order valence-electron chi connectivity index (χ2n) is 10.1. The predicted octanol–water partition coefficient (Wildman–Crippen LogP) is 3.71. The number of hydrogen-bond donors (Lipinski definition) is 1. The number of nitrogens with one attached hydrogen (secondary N) is 1. The number of nitrogens with zero attached hydrogens (tertiary/aromatic N) is 4. The fourth-order valence-electron chi connectivity index (χ4n) is 4.06. The predicted molar refractivity (Wildman–Crippen MR) is 133 cm³/mol. The summed E-state index contributed by atoms with van der Waals surface area (Å²) < 4.78 is 5.02. The molecule has 1 aromatic heterocycles. The summed E-state index contributed by atoms with van der Waals surface area (Å²) in [6, 6.07) is 8.97. The van der Waals surface area contributed by atoms with Crippen molar-refractivity contribution in [1.29, 1.82) is 0 Å². The monoisotopic (exact) mass is 481 g/mol. The van der Waals surface area contributed by atoms with Crippen molar-refractivity contribution in [2.24, 2.45) is 0 Å². The summed E-state index contributed by atoms with van der Waals surface area (Å²) in [7, 11) is 1.28. The van der Waals surface area contributed by atoms with Gasteiger partial charge in [0.25, 0.3) is 5.91 Å². The van der Waals surface area contributed by atoms with Gasteiger partial charge in [-0.15, -0.1) is 0 Å². The second kappa shape index (κ2) is 10.4. The zero-order valence-electron chi connectivity index (χ0n) is 21.6. The third kappa shape index (κ3) is 5.96. The number of amides is 3. The summed E-state index contributed by atoms with van der Waals surface area (Å²) in [5, 5.41) is 2.97. The average Bonchev–Trinajstić information content (AvgIpc) is 2.81. The molecule has 1 N–H and O–H groups in total. The molecule has 1 atom stereocenters. The Kier molecular flexibility index (Phi) is 7.77. The van der Waals surface area contributed by atoms with Gasteiger partial charge in [-0.05, 0) is 33.6 Å². The summed E-state index contributed by atoms with van der Waals surface area (Å²) in [6.07, 6.45) is 0. The first-order valence-electron chi connectivity index (χ1n) is 11.9. The van der Waals surface area contributed by atoms with E-state index in [-0.39, 0.29) is 40.7 Å². The Morgan fingerprint density at radius 3 is 2.29 bits per heavy atom. The lowest BCUT2D eigenvalue weighted by atomic mass is 10.00. The molecule has 35 heavy (non-hydrogen) atoms. The molecule has 0 aliphatic carbocycles. The Balaban J connectivity index is 1.98. The summed E-state index contributed by atoms with van der Waals surface area (Å²) in [5.74, 6) is -0.790. The maximum absolute atomic E-state index is 13.8. The second-order valence-corrected chi connectivity index (χ2v) is 10.1. The van der Waals surface area contributed by atoms with E-state index >= 15 is 0 Å². The van der Waals surface area contributed by atoms with Crippen LogP contribution >= 0.6 is 0 Å². The number of methoxy groups -OCH3 is 1. The van der Waals surface area contributed by atoms with E-state index in [0.29, 0.717) is 31.2 Å². The molecule has 1 unspecified atom stereocenters. The molecule has 9 nitrogen and oxygen atoms in total. The molecule has 9 heteroatoms. The van der Waals surface area contributed by atoms with Crippen LogP contribution in [0, 0.1) is 0 Å². The van der Waals surface area contributed by atoms with E-state index < -0.39 is 5.97 Å². The minimum absolute atomic E-state index is 0.0224.